The van der Waals surface area contributed by atoms with Crippen LogP contribution in [-0.4, -0.2) is 27.8 Å². The highest BCUT2D eigenvalue weighted by atomic mass is 79.9. The molecule has 1 fully saturated rings. The lowest BCUT2D eigenvalue weighted by Crippen LogP contribution is -2.39. The number of nitrogens with zero attached hydrogens (tertiary/aromatic N) is 2. The maximum Gasteiger partial charge on any atom is 0.0313 e. The molecule has 3 heteroatoms. The molecule has 2 rings (SSSR count). The van der Waals surface area contributed by atoms with E-state index < -0.39 is 0 Å². The van der Waals surface area contributed by atoms with E-state index in [0.717, 1.165) is 11.9 Å². The molecule has 0 bridgehead atoms. The molecule has 16 heavy (non-hydrogen) atoms. The Hall–Kier alpha value is -0.410. The van der Waals surface area contributed by atoms with E-state index in [1.54, 1.807) is 0 Å². The molecule has 1 aromatic heterocycles. The minimum atomic E-state index is 0.703. The summed E-state index contributed by atoms with van der Waals surface area (Å²) in [5, 5.41) is 1.09. The molecule has 1 aromatic rings. The predicted octanol–water partition coefficient (Wildman–Crippen LogP) is 3.14. The second kappa shape index (κ2) is 5.78. The van der Waals surface area contributed by atoms with Crippen molar-refractivity contribution in [2.45, 2.75) is 38.8 Å². The Labute approximate surface area is 106 Å². The second-order valence-corrected chi connectivity index (χ2v) is 5.29. The summed E-state index contributed by atoms with van der Waals surface area (Å²) in [5.41, 5.74) is 2.60. The minimum Gasteiger partial charge on any atom is -0.295 e. The van der Waals surface area contributed by atoms with Gasteiger partial charge >= 0.3 is 0 Å². The molecule has 1 aliphatic heterocycles. The number of piperidine rings is 1. The average molecular weight is 283 g/mol. The number of rotatable bonds is 3. The fourth-order valence-corrected chi connectivity index (χ4v) is 3.11. The Morgan fingerprint density at radius 1 is 1.44 bits per heavy atom. The summed E-state index contributed by atoms with van der Waals surface area (Å²) in [6.07, 6.45) is 7.95. The maximum atomic E-state index is 4.26. The molecule has 0 spiro atoms. The van der Waals surface area contributed by atoms with Crippen LogP contribution in [0.1, 0.15) is 30.4 Å². The van der Waals surface area contributed by atoms with Crippen LogP contribution in [0.4, 0.5) is 0 Å². The van der Waals surface area contributed by atoms with Crippen molar-refractivity contribution in [3.05, 3.63) is 29.6 Å². The maximum absolute atomic E-state index is 4.26. The highest BCUT2D eigenvalue weighted by Gasteiger charge is 2.21. The first kappa shape index (κ1) is 12.1. The lowest BCUT2D eigenvalue weighted by Gasteiger charge is -2.34. The van der Waals surface area contributed by atoms with Crippen LogP contribution >= 0.6 is 15.9 Å². The molecule has 1 saturated heterocycles. The Morgan fingerprint density at radius 2 is 2.31 bits per heavy atom. The highest BCUT2D eigenvalue weighted by Crippen LogP contribution is 2.20. The van der Waals surface area contributed by atoms with Crippen molar-refractivity contribution in [1.29, 1.82) is 0 Å². The normalized spacial score (nSPS) is 22.2. The van der Waals surface area contributed by atoms with Gasteiger partial charge in [0.05, 0.1) is 0 Å². The van der Waals surface area contributed by atoms with Gasteiger partial charge in [0.2, 0.25) is 0 Å². The SMILES string of the molecule is Cc1cncc(CN2CCCCC2CBr)c1. The third kappa shape index (κ3) is 3.05. The summed E-state index contributed by atoms with van der Waals surface area (Å²) in [5.74, 6) is 0. The van der Waals surface area contributed by atoms with E-state index in [1.807, 2.05) is 12.4 Å². The van der Waals surface area contributed by atoms with E-state index in [9.17, 15) is 0 Å². The fraction of sp³-hybridized carbons (Fsp3) is 0.615. The van der Waals surface area contributed by atoms with Crippen molar-refractivity contribution < 1.29 is 0 Å². The average Bonchev–Trinajstić information content (AvgIpc) is 2.30. The van der Waals surface area contributed by atoms with Crippen LogP contribution in [0.2, 0.25) is 0 Å². The second-order valence-electron chi connectivity index (χ2n) is 4.64. The number of aryl methyl sites for hydroxylation is 1. The fourth-order valence-electron chi connectivity index (χ4n) is 2.38. The van der Waals surface area contributed by atoms with Gasteiger partial charge in [0, 0.05) is 30.3 Å². The quantitative estimate of drug-likeness (QED) is 0.792. The van der Waals surface area contributed by atoms with Crippen molar-refractivity contribution in [2.75, 3.05) is 11.9 Å². The van der Waals surface area contributed by atoms with Crippen molar-refractivity contribution >= 4 is 15.9 Å². The molecule has 0 N–H and O–H groups in total. The summed E-state index contributed by atoms with van der Waals surface area (Å²) < 4.78 is 0. The first-order valence-corrected chi connectivity index (χ1v) is 7.12. The smallest absolute Gasteiger partial charge is 0.0313 e. The summed E-state index contributed by atoms with van der Waals surface area (Å²) in [6.45, 7) is 4.38. The Bertz CT molecular complexity index is 340. The lowest BCUT2D eigenvalue weighted by molar-refractivity contribution is 0.156. The van der Waals surface area contributed by atoms with Crippen LogP contribution in [0.15, 0.2) is 18.5 Å². The number of alkyl halides is 1. The highest BCUT2D eigenvalue weighted by molar-refractivity contribution is 9.09. The van der Waals surface area contributed by atoms with E-state index in [4.69, 9.17) is 0 Å². The van der Waals surface area contributed by atoms with Gasteiger partial charge in [0.15, 0.2) is 0 Å². The molecule has 1 atom stereocenters. The van der Waals surface area contributed by atoms with Crippen LogP contribution in [0.5, 0.6) is 0 Å². The van der Waals surface area contributed by atoms with Crippen molar-refractivity contribution in [1.82, 2.24) is 9.88 Å². The summed E-state index contributed by atoms with van der Waals surface area (Å²) in [4.78, 5) is 6.84. The third-order valence-electron chi connectivity index (χ3n) is 3.24. The van der Waals surface area contributed by atoms with Crippen LogP contribution in [0.25, 0.3) is 0 Å². The van der Waals surface area contributed by atoms with Crippen molar-refractivity contribution in [3.63, 3.8) is 0 Å². The lowest BCUT2D eigenvalue weighted by atomic mass is 10.0. The molecular formula is C13H19BrN2. The molecule has 0 radical (unpaired) electrons. The first-order valence-electron chi connectivity index (χ1n) is 6.00. The molecule has 1 unspecified atom stereocenters. The summed E-state index contributed by atoms with van der Waals surface area (Å²) in [6, 6.07) is 2.95. The number of aromatic nitrogens is 1. The van der Waals surface area contributed by atoms with E-state index >= 15 is 0 Å². The standard InChI is InChI=1S/C13H19BrN2/c1-11-6-12(9-15-8-11)10-16-5-3-2-4-13(16)7-14/h6,8-9,13H,2-5,7,10H2,1H3. The monoisotopic (exact) mass is 282 g/mol. The largest absolute Gasteiger partial charge is 0.295 e. The van der Waals surface area contributed by atoms with Gasteiger partial charge in [0.1, 0.15) is 0 Å². The molecule has 0 saturated carbocycles. The van der Waals surface area contributed by atoms with Gasteiger partial charge in [-0.1, -0.05) is 28.4 Å². The molecule has 0 amide bonds. The van der Waals surface area contributed by atoms with Crippen LogP contribution < -0.4 is 0 Å². The van der Waals surface area contributed by atoms with Gasteiger partial charge in [-0.2, -0.15) is 0 Å². The number of hydrogen-bond acceptors (Lipinski definition) is 2. The van der Waals surface area contributed by atoms with Gasteiger partial charge in [0.25, 0.3) is 0 Å². The predicted molar refractivity (Wildman–Crippen MR) is 70.8 cm³/mol. The molecule has 1 aliphatic rings. The third-order valence-corrected chi connectivity index (χ3v) is 3.99. The van der Waals surface area contributed by atoms with Crippen molar-refractivity contribution in [2.24, 2.45) is 0 Å². The van der Waals surface area contributed by atoms with Gasteiger partial charge in [-0.05, 0) is 37.4 Å². The molecule has 88 valence electrons. The zero-order valence-electron chi connectivity index (χ0n) is 9.82. The zero-order valence-corrected chi connectivity index (χ0v) is 11.4. The topological polar surface area (TPSA) is 16.1 Å². The van der Waals surface area contributed by atoms with Crippen LogP contribution in [0.3, 0.4) is 0 Å². The molecule has 2 heterocycles. The molecular weight excluding hydrogens is 264 g/mol. The number of pyridine rings is 1. The molecule has 0 aromatic carbocycles. The van der Waals surface area contributed by atoms with E-state index in [1.165, 1.54) is 36.9 Å². The van der Waals surface area contributed by atoms with E-state index in [2.05, 4.69) is 38.8 Å². The number of hydrogen-bond donors (Lipinski definition) is 0. The Balaban J connectivity index is 2.02. The van der Waals surface area contributed by atoms with Gasteiger partial charge in [-0.25, -0.2) is 0 Å². The van der Waals surface area contributed by atoms with E-state index in [-0.39, 0.29) is 0 Å². The van der Waals surface area contributed by atoms with Gasteiger partial charge < -0.3 is 0 Å². The van der Waals surface area contributed by atoms with Crippen LogP contribution in [0, 0.1) is 6.92 Å². The Kier molecular flexibility index (Phi) is 4.36. The summed E-state index contributed by atoms with van der Waals surface area (Å²) >= 11 is 3.62. The van der Waals surface area contributed by atoms with Gasteiger partial charge in [-0.15, -0.1) is 0 Å². The first-order chi connectivity index (χ1) is 7.79. The van der Waals surface area contributed by atoms with E-state index in [0.29, 0.717) is 6.04 Å². The summed E-state index contributed by atoms with van der Waals surface area (Å²) in [7, 11) is 0. The van der Waals surface area contributed by atoms with Gasteiger partial charge in [-0.3, -0.25) is 9.88 Å². The molecule has 2 nitrogen and oxygen atoms in total. The number of halogens is 1. The van der Waals surface area contributed by atoms with Crippen LogP contribution in [-0.2, 0) is 6.54 Å². The zero-order chi connectivity index (χ0) is 11.4. The number of likely N-dealkylation sites (tertiary alicyclic amines) is 1. The minimum absolute atomic E-state index is 0.703. The molecule has 0 aliphatic carbocycles. The Morgan fingerprint density at radius 3 is 3.06 bits per heavy atom. The van der Waals surface area contributed by atoms with Crippen molar-refractivity contribution in [3.8, 4) is 0 Å².